The summed E-state index contributed by atoms with van der Waals surface area (Å²) in [6.45, 7) is 0. The molecule has 2 aromatic rings. The van der Waals surface area contributed by atoms with Crippen molar-refractivity contribution < 1.29 is 8.78 Å². The predicted molar refractivity (Wildman–Crippen MR) is 77.7 cm³/mol. The summed E-state index contributed by atoms with van der Waals surface area (Å²) < 4.78 is 26.8. The number of halogens is 2. The first-order valence-corrected chi connectivity index (χ1v) is 7.68. The van der Waals surface area contributed by atoms with E-state index in [0.717, 1.165) is 23.9 Å². The topological polar surface area (TPSA) is 38.9 Å². The monoisotopic (exact) mass is 294 g/mol. The Morgan fingerprint density at radius 2 is 1.90 bits per heavy atom. The Kier molecular flexibility index (Phi) is 3.70. The fraction of sp³-hybridized carbons (Fsp3) is 0.400. The first kappa shape index (κ1) is 13.5. The van der Waals surface area contributed by atoms with Gasteiger partial charge in [-0.05, 0) is 25.0 Å². The highest BCUT2D eigenvalue weighted by atomic mass is 32.1. The molecular formula is C15H16F2N2S. The average molecular weight is 294 g/mol. The minimum atomic E-state index is -0.614. The fourth-order valence-electron chi connectivity index (χ4n) is 2.75. The van der Waals surface area contributed by atoms with Crippen molar-refractivity contribution >= 4 is 16.3 Å². The van der Waals surface area contributed by atoms with Crippen LogP contribution < -0.4 is 5.73 Å². The van der Waals surface area contributed by atoms with Crippen LogP contribution >= 0.6 is 11.3 Å². The quantitative estimate of drug-likeness (QED) is 0.870. The van der Waals surface area contributed by atoms with Crippen LogP contribution in [0, 0.1) is 11.6 Å². The lowest BCUT2D eigenvalue weighted by Gasteiger charge is -2.18. The largest absolute Gasteiger partial charge is 0.389 e. The third-order valence-corrected chi connectivity index (χ3v) is 4.86. The molecule has 1 aromatic heterocycles. The third-order valence-electron chi connectivity index (χ3n) is 3.81. The maximum atomic E-state index is 13.8. The van der Waals surface area contributed by atoms with Gasteiger partial charge in [0.05, 0.1) is 5.01 Å². The van der Waals surface area contributed by atoms with Crippen molar-refractivity contribution in [2.75, 3.05) is 5.73 Å². The van der Waals surface area contributed by atoms with E-state index in [1.165, 1.54) is 42.7 Å². The smallest absolute Gasteiger partial charge is 0.135 e. The summed E-state index contributed by atoms with van der Waals surface area (Å²) in [7, 11) is 0. The molecule has 3 rings (SSSR count). The molecule has 1 fully saturated rings. The van der Waals surface area contributed by atoms with Crippen LogP contribution in [0.3, 0.4) is 0 Å². The van der Waals surface area contributed by atoms with Gasteiger partial charge >= 0.3 is 0 Å². The van der Waals surface area contributed by atoms with Crippen LogP contribution in [-0.4, -0.2) is 4.98 Å². The van der Waals surface area contributed by atoms with Gasteiger partial charge in [-0.25, -0.2) is 13.8 Å². The van der Waals surface area contributed by atoms with Crippen LogP contribution in [0.1, 0.15) is 43.0 Å². The molecule has 0 radical (unpaired) electrons. The number of hydrogen-bond donors (Lipinski definition) is 1. The molecule has 0 spiro atoms. The highest BCUT2D eigenvalue weighted by molar-refractivity contribution is 7.16. The van der Waals surface area contributed by atoms with Crippen molar-refractivity contribution in [2.24, 2.45) is 0 Å². The average Bonchev–Trinajstić information content (AvgIpc) is 2.82. The van der Waals surface area contributed by atoms with E-state index < -0.39 is 11.6 Å². The van der Waals surface area contributed by atoms with E-state index in [9.17, 15) is 8.78 Å². The fourth-order valence-corrected chi connectivity index (χ4v) is 3.76. The lowest BCUT2D eigenvalue weighted by molar-refractivity contribution is 0.442. The summed E-state index contributed by atoms with van der Waals surface area (Å²) in [5.41, 5.74) is 6.71. The summed E-state index contributed by atoms with van der Waals surface area (Å²) in [5.74, 6) is -0.766. The Morgan fingerprint density at radius 3 is 2.60 bits per heavy atom. The Morgan fingerprint density at radius 1 is 1.15 bits per heavy atom. The van der Waals surface area contributed by atoms with Gasteiger partial charge in [0.2, 0.25) is 0 Å². The van der Waals surface area contributed by atoms with E-state index in [1.807, 2.05) is 0 Å². The zero-order valence-electron chi connectivity index (χ0n) is 11.0. The van der Waals surface area contributed by atoms with Gasteiger partial charge in [0.1, 0.15) is 22.3 Å². The summed E-state index contributed by atoms with van der Waals surface area (Å²) in [5, 5.41) is 1.50. The van der Waals surface area contributed by atoms with E-state index in [0.29, 0.717) is 16.6 Å². The van der Waals surface area contributed by atoms with E-state index in [2.05, 4.69) is 4.98 Å². The lowest BCUT2D eigenvalue weighted by Crippen LogP contribution is -2.03. The van der Waals surface area contributed by atoms with Gasteiger partial charge in [-0.1, -0.05) is 19.3 Å². The maximum Gasteiger partial charge on any atom is 0.135 e. The highest BCUT2D eigenvalue weighted by Crippen LogP contribution is 2.40. The molecule has 0 bridgehead atoms. The molecule has 2 nitrogen and oxygen atoms in total. The van der Waals surface area contributed by atoms with Crippen molar-refractivity contribution in [2.45, 2.75) is 38.0 Å². The summed E-state index contributed by atoms with van der Waals surface area (Å²) >= 11 is 1.43. The SMILES string of the molecule is Nc1sc(C2CCCCC2)nc1-c1ccc(F)cc1F. The van der Waals surface area contributed by atoms with Gasteiger partial charge < -0.3 is 5.73 Å². The zero-order valence-corrected chi connectivity index (χ0v) is 11.9. The van der Waals surface area contributed by atoms with Gasteiger partial charge in [-0.2, -0.15) is 0 Å². The molecule has 1 heterocycles. The van der Waals surface area contributed by atoms with E-state index in [1.54, 1.807) is 0 Å². The molecule has 1 aliphatic carbocycles. The summed E-state index contributed by atoms with van der Waals surface area (Å²) in [6.07, 6.45) is 5.95. The van der Waals surface area contributed by atoms with E-state index in [4.69, 9.17) is 5.73 Å². The third kappa shape index (κ3) is 2.54. The predicted octanol–water partition coefficient (Wildman–Crippen LogP) is 4.72. The number of rotatable bonds is 2. The van der Waals surface area contributed by atoms with Crippen LogP contribution in [0.15, 0.2) is 18.2 Å². The second-order valence-corrected chi connectivity index (χ2v) is 6.29. The molecular weight excluding hydrogens is 278 g/mol. The number of benzene rings is 1. The summed E-state index contributed by atoms with van der Waals surface area (Å²) in [6, 6.07) is 3.51. The number of anilines is 1. The Bertz CT molecular complexity index is 618. The molecule has 0 aliphatic heterocycles. The minimum absolute atomic E-state index is 0.280. The first-order valence-electron chi connectivity index (χ1n) is 6.87. The maximum absolute atomic E-state index is 13.8. The van der Waals surface area contributed by atoms with Crippen LogP contribution in [0.2, 0.25) is 0 Å². The summed E-state index contributed by atoms with van der Waals surface area (Å²) in [4.78, 5) is 4.53. The van der Waals surface area contributed by atoms with Crippen LogP contribution in [0.5, 0.6) is 0 Å². The standard InChI is InChI=1S/C15H16F2N2S/c16-10-6-7-11(12(17)8-10)13-14(18)20-15(19-13)9-4-2-1-3-5-9/h6-9H,1-5,18H2. The molecule has 2 N–H and O–H groups in total. The van der Waals surface area contributed by atoms with Crippen molar-refractivity contribution in [1.82, 2.24) is 4.98 Å². The van der Waals surface area contributed by atoms with Crippen molar-refractivity contribution in [3.63, 3.8) is 0 Å². The molecule has 5 heteroatoms. The van der Waals surface area contributed by atoms with E-state index in [-0.39, 0.29) is 5.56 Å². The molecule has 0 saturated heterocycles. The van der Waals surface area contributed by atoms with Gasteiger partial charge in [-0.15, -0.1) is 11.3 Å². The molecule has 0 atom stereocenters. The molecule has 106 valence electrons. The number of nitrogens with zero attached hydrogens (tertiary/aromatic N) is 1. The zero-order chi connectivity index (χ0) is 14.1. The van der Waals surface area contributed by atoms with Crippen LogP contribution in [-0.2, 0) is 0 Å². The number of aromatic nitrogens is 1. The van der Waals surface area contributed by atoms with Crippen molar-refractivity contribution in [3.05, 3.63) is 34.8 Å². The van der Waals surface area contributed by atoms with Crippen molar-refractivity contribution in [3.8, 4) is 11.3 Å². The molecule has 1 saturated carbocycles. The highest BCUT2D eigenvalue weighted by Gasteiger charge is 2.22. The molecule has 1 aliphatic rings. The second-order valence-electron chi connectivity index (χ2n) is 5.22. The number of nitrogen functional groups attached to an aromatic ring is 1. The number of thiazole rings is 1. The van der Waals surface area contributed by atoms with Crippen LogP contribution in [0.25, 0.3) is 11.3 Å². The Labute approximate surface area is 120 Å². The van der Waals surface area contributed by atoms with Gasteiger partial charge in [0, 0.05) is 17.5 Å². The van der Waals surface area contributed by atoms with Crippen molar-refractivity contribution in [1.29, 1.82) is 0 Å². The number of hydrogen-bond acceptors (Lipinski definition) is 3. The second kappa shape index (κ2) is 5.48. The number of nitrogens with two attached hydrogens (primary N) is 1. The van der Waals surface area contributed by atoms with Gasteiger partial charge in [0.15, 0.2) is 0 Å². The van der Waals surface area contributed by atoms with Gasteiger partial charge in [0.25, 0.3) is 0 Å². The molecule has 20 heavy (non-hydrogen) atoms. The Hall–Kier alpha value is -1.49. The minimum Gasteiger partial charge on any atom is -0.389 e. The lowest BCUT2D eigenvalue weighted by atomic mass is 9.90. The normalized spacial score (nSPS) is 16.5. The Balaban J connectivity index is 1.95. The first-order chi connectivity index (χ1) is 9.65. The van der Waals surface area contributed by atoms with Crippen LogP contribution in [0.4, 0.5) is 13.8 Å². The molecule has 0 unspecified atom stereocenters. The van der Waals surface area contributed by atoms with Gasteiger partial charge in [-0.3, -0.25) is 0 Å². The molecule has 0 amide bonds. The molecule has 1 aromatic carbocycles. The van der Waals surface area contributed by atoms with E-state index >= 15 is 0 Å².